The van der Waals surface area contributed by atoms with Gasteiger partial charge >= 0.3 is 12.0 Å². The van der Waals surface area contributed by atoms with E-state index in [1.807, 2.05) is 0 Å². The van der Waals surface area contributed by atoms with Crippen LogP contribution < -0.4 is 10.6 Å². The van der Waals surface area contributed by atoms with Crippen LogP contribution in [0, 0.1) is 0 Å². The topological polar surface area (TPSA) is 67.4 Å². The van der Waals surface area contributed by atoms with Crippen LogP contribution in [0.25, 0.3) is 0 Å². The van der Waals surface area contributed by atoms with E-state index in [2.05, 4.69) is 29.8 Å². The molecule has 6 heteroatoms. The molecule has 102 valence electrons. The van der Waals surface area contributed by atoms with Crippen molar-refractivity contribution >= 4 is 30.3 Å². The van der Waals surface area contributed by atoms with Crippen molar-refractivity contribution < 1.29 is 14.3 Å². The third-order valence-electron chi connectivity index (χ3n) is 2.09. The van der Waals surface area contributed by atoms with Gasteiger partial charge in [-0.25, -0.2) is 9.59 Å². The second-order valence-corrected chi connectivity index (χ2v) is 4.36. The summed E-state index contributed by atoms with van der Waals surface area (Å²) in [5, 5.41) is 5.20. The van der Waals surface area contributed by atoms with Crippen molar-refractivity contribution in [1.29, 1.82) is 0 Å². The fourth-order valence-corrected chi connectivity index (χ4v) is 1.30. The molecule has 0 aliphatic heterocycles. The van der Waals surface area contributed by atoms with Gasteiger partial charge in [0.25, 0.3) is 0 Å². The summed E-state index contributed by atoms with van der Waals surface area (Å²) in [7, 11) is 0. The average Bonchev–Trinajstić information content (AvgIpc) is 2.37. The van der Waals surface area contributed by atoms with Gasteiger partial charge < -0.3 is 15.4 Å². The van der Waals surface area contributed by atoms with Gasteiger partial charge in [-0.15, -0.1) is 12.6 Å². The zero-order valence-corrected chi connectivity index (χ0v) is 11.5. The lowest BCUT2D eigenvalue weighted by Gasteiger charge is -2.08. The Balaban J connectivity index is 2.23. The van der Waals surface area contributed by atoms with E-state index >= 15 is 0 Å². The van der Waals surface area contributed by atoms with Crippen molar-refractivity contribution in [2.45, 2.75) is 11.8 Å². The molecular formula is C13H16N2O3S. The summed E-state index contributed by atoms with van der Waals surface area (Å²) in [4.78, 5) is 23.3. The maximum Gasteiger partial charge on any atom is 0.333 e. The lowest BCUT2D eigenvalue weighted by molar-refractivity contribution is -0.138. The van der Waals surface area contributed by atoms with Crippen molar-refractivity contribution in [3.05, 3.63) is 36.4 Å². The first kappa shape index (κ1) is 15.1. The molecule has 1 aromatic carbocycles. The fourth-order valence-electron chi connectivity index (χ4n) is 1.15. The summed E-state index contributed by atoms with van der Waals surface area (Å²) in [6.07, 6.45) is 0. The number of esters is 1. The minimum Gasteiger partial charge on any atom is -0.460 e. The van der Waals surface area contributed by atoms with E-state index in [0.717, 1.165) is 4.90 Å². The molecule has 1 rings (SSSR count). The molecule has 0 aromatic heterocycles. The Morgan fingerprint density at radius 2 is 1.95 bits per heavy atom. The van der Waals surface area contributed by atoms with Gasteiger partial charge in [0.1, 0.15) is 6.61 Å². The summed E-state index contributed by atoms with van der Waals surface area (Å²) in [5.41, 5.74) is 0.991. The van der Waals surface area contributed by atoms with Crippen LogP contribution in [-0.4, -0.2) is 25.2 Å². The van der Waals surface area contributed by atoms with Gasteiger partial charge in [-0.1, -0.05) is 6.58 Å². The van der Waals surface area contributed by atoms with Crippen molar-refractivity contribution in [2.75, 3.05) is 18.5 Å². The highest BCUT2D eigenvalue weighted by molar-refractivity contribution is 7.80. The maximum absolute atomic E-state index is 11.5. The van der Waals surface area contributed by atoms with Gasteiger partial charge in [0.05, 0.1) is 6.54 Å². The number of amides is 2. The van der Waals surface area contributed by atoms with Gasteiger partial charge in [0, 0.05) is 16.2 Å². The molecule has 0 spiro atoms. The molecule has 0 heterocycles. The highest BCUT2D eigenvalue weighted by atomic mass is 32.1. The molecule has 0 radical (unpaired) electrons. The number of hydrogen-bond donors (Lipinski definition) is 3. The number of nitrogens with one attached hydrogen (secondary N) is 2. The van der Waals surface area contributed by atoms with Crippen LogP contribution in [-0.2, 0) is 9.53 Å². The number of thiol groups is 1. The van der Waals surface area contributed by atoms with Crippen molar-refractivity contribution in [3.63, 3.8) is 0 Å². The third-order valence-corrected chi connectivity index (χ3v) is 2.39. The van der Waals surface area contributed by atoms with E-state index < -0.39 is 5.97 Å². The number of hydrogen-bond acceptors (Lipinski definition) is 4. The monoisotopic (exact) mass is 280 g/mol. The van der Waals surface area contributed by atoms with Crippen LogP contribution in [0.3, 0.4) is 0 Å². The molecule has 0 unspecified atom stereocenters. The fraction of sp³-hybridized carbons (Fsp3) is 0.231. The number of carbonyl (C=O) groups excluding carboxylic acids is 2. The van der Waals surface area contributed by atoms with Crippen LogP contribution in [0.5, 0.6) is 0 Å². The molecule has 0 aliphatic carbocycles. The molecule has 2 N–H and O–H groups in total. The largest absolute Gasteiger partial charge is 0.460 e. The number of urea groups is 1. The molecule has 1 aromatic rings. The number of carbonyl (C=O) groups is 2. The Hall–Kier alpha value is -1.95. The highest BCUT2D eigenvalue weighted by Crippen LogP contribution is 2.11. The third kappa shape index (κ3) is 5.96. The SMILES string of the molecule is C=C(C)C(=O)OCCNC(=O)Nc1ccc(S)cc1. The van der Waals surface area contributed by atoms with Crippen LogP contribution in [0.2, 0.25) is 0 Å². The second kappa shape index (κ2) is 7.48. The van der Waals surface area contributed by atoms with Crippen molar-refractivity contribution in [3.8, 4) is 0 Å². The van der Waals surface area contributed by atoms with E-state index in [1.54, 1.807) is 31.2 Å². The predicted molar refractivity (Wildman–Crippen MR) is 76.5 cm³/mol. The first-order valence-corrected chi connectivity index (χ1v) is 6.10. The summed E-state index contributed by atoms with van der Waals surface area (Å²) < 4.78 is 4.83. The molecule has 0 bridgehead atoms. The molecule has 2 amide bonds. The summed E-state index contributed by atoms with van der Waals surface area (Å²) in [5.74, 6) is -0.466. The smallest absolute Gasteiger partial charge is 0.333 e. The minimum atomic E-state index is -0.466. The molecule has 0 aliphatic rings. The van der Waals surface area contributed by atoms with Crippen molar-refractivity contribution in [1.82, 2.24) is 5.32 Å². The Morgan fingerprint density at radius 3 is 2.53 bits per heavy atom. The first-order valence-electron chi connectivity index (χ1n) is 5.65. The minimum absolute atomic E-state index is 0.106. The number of rotatable bonds is 5. The lowest BCUT2D eigenvalue weighted by atomic mass is 10.3. The maximum atomic E-state index is 11.5. The zero-order valence-electron chi connectivity index (χ0n) is 10.6. The number of ether oxygens (including phenoxy) is 1. The first-order chi connectivity index (χ1) is 8.99. The Kier molecular flexibility index (Phi) is 5.95. The Morgan fingerprint density at radius 1 is 1.32 bits per heavy atom. The van der Waals surface area contributed by atoms with E-state index in [9.17, 15) is 9.59 Å². The van der Waals surface area contributed by atoms with Gasteiger partial charge in [-0.2, -0.15) is 0 Å². The summed E-state index contributed by atoms with van der Waals surface area (Å²) in [6.45, 7) is 5.35. The Labute approximate surface area is 117 Å². The number of anilines is 1. The molecule has 5 nitrogen and oxygen atoms in total. The quantitative estimate of drug-likeness (QED) is 0.335. The number of benzene rings is 1. The van der Waals surface area contributed by atoms with Gasteiger partial charge in [-0.3, -0.25) is 0 Å². The Bertz CT molecular complexity index is 471. The molecule has 19 heavy (non-hydrogen) atoms. The van der Waals surface area contributed by atoms with Gasteiger partial charge in [0.15, 0.2) is 0 Å². The predicted octanol–water partition coefficient (Wildman–Crippen LogP) is 2.22. The second-order valence-electron chi connectivity index (χ2n) is 3.84. The van der Waals surface area contributed by atoms with Crippen molar-refractivity contribution in [2.24, 2.45) is 0 Å². The van der Waals surface area contributed by atoms with E-state index in [4.69, 9.17) is 4.74 Å². The molecule has 0 saturated heterocycles. The normalized spacial score (nSPS) is 9.58. The summed E-state index contributed by atoms with van der Waals surface area (Å²) >= 11 is 4.14. The van der Waals surface area contributed by atoms with Gasteiger partial charge in [-0.05, 0) is 31.2 Å². The van der Waals surface area contributed by atoms with E-state index in [-0.39, 0.29) is 19.2 Å². The standard InChI is InChI=1S/C13H16N2O3S/c1-9(2)12(16)18-8-7-14-13(17)15-10-3-5-11(19)6-4-10/h3-6,19H,1,7-8H2,2H3,(H2,14,15,17). The van der Waals surface area contributed by atoms with E-state index in [1.165, 1.54) is 0 Å². The molecule has 0 saturated carbocycles. The molecular weight excluding hydrogens is 264 g/mol. The van der Waals surface area contributed by atoms with Crippen LogP contribution in [0.1, 0.15) is 6.92 Å². The van der Waals surface area contributed by atoms with E-state index in [0.29, 0.717) is 11.3 Å². The molecule has 0 atom stereocenters. The van der Waals surface area contributed by atoms with Gasteiger partial charge in [0.2, 0.25) is 0 Å². The molecule has 0 fully saturated rings. The highest BCUT2D eigenvalue weighted by Gasteiger charge is 2.04. The lowest BCUT2D eigenvalue weighted by Crippen LogP contribution is -2.32. The van der Waals surface area contributed by atoms with Crippen LogP contribution in [0.15, 0.2) is 41.3 Å². The zero-order chi connectivity index (χ0) is 14.3. The van der Waals surface area contributed by atoms with Crippen LogP contribution >= 0.6 is 12.6 Å². The average molecular weight is 280 g/mol. The van der Waals surface area contributed by atoms with Crippen LogP contribution in [0.4, 0.5) is 10.5 Å². The summed E-state index contributed by atoms with van der Waals surface area (Å²) in [6, 6.07) is 6.66.